The molecule has 4 N–H and O–H groups in total. The van der Waals surface area contributed by atoms with Crippen molar-refractivity contribution in [2.24, 2.45) is 0 Å². The Morgan fingerprint density at radius 1 is 0.719 bits per heavy atom. The summed E-state index contributed by atoms with van der Waals surface area (Å²) >= 11 is 6.78. The molecular weight excluding hydrogens is 754 g/mol. The fraction of sp³-hybridized carbons (Fsp3) is 0.439. The summed E-state index contributed by atoms with van der Waals surface area (Å²) in [6.45, 7) is 4.53. The number of carbonyl (C=O) groups excluding carboxylic acids is 4. The van der Waals surface area contributed by atoms with Gasteiger partial charge in [0.1, 0.15) is 17.9 Å². The van der Waals surface area contributed by atoms with Crippen LogP contribution in [-0.2, 0) is 28.5 Å². The zero-order valence-corrected chi connectivity index (χ0v) is 33.7. The van der Waals surface area contributed by atoms with Gasteiger partial charge in [-0.2, -0.15) is 0 Å². The number of hydrogen-bond donors (Lipinski definition) is 4. The third kappa shape index (κ3) is 8.95. The minimum Gasteiger partial charge on any atom is -0.453 e. The minimum absolute atomic E-state index is 0.245. The van der Waals surface area contributed by atoms with Crippen molar-refractivity contribution < 1.29 is 38.1 Å². The van der Waals surface area contributed by atoms with E-state index in [-0.39, 0.29) is 23.9 Å². The van der Waals surface area contributed by atoms with Gasteiger partial charge in [-0.25, -0.2) is 14.6 Å². The normalized spacial score (nSPS) is 18.8. The number of imidazole rings is 1. The monoisotopic (exact) mass is 803 g/mol. The first-order valence-electron chi connectivity index (χ1n) is 19.0. The van der Waals surface area contributed by atoms with E-state index in [1.165, 1.54) is 28.4 Å². The Morgan fingerprint density at radius 3 is 1.70 bits per heavy atom. The van der Waals surface area contributed by atoms with Gasteiger partial charge in [0.2, 0.25) is 11.8 Å². The van der Waals surface area contributed by atoms with Gasteiger partial charge in [-0.05, 0) is 67.9 Å². The lowest BCUT2D eigenvalue weighted by Gasteiger charge is -2.31. The Kier molecular flexibility index (Phi) is 13.2. The number of hydrogen-bond acceptors (Lipinski definition) is 9. The lowest BCUT2D eigenvalue weighted by Crippen LogP contribution is -2.54. The maximum absolute atomic E-state index is 13.7. The summed E-state index contributed by atoms with van der Waals surface area (Å²) in [5.74, 6) is 0.170. The standard InChI is InChI=1S/C41H50ClN7O8/c1-23(54-3)34(46-40(52)56-5)38(50)48-19-7-9-32(48)30-21-29(42)36(44-30)28-17-13-26(14-18-28)25-11-15-27(16-12-25)31-22-43-37(45-31)33-10-8-20-49(33)39(51)35(24(2)55-4)47-41(53)57-6/h11-18,21-24,32-35,44H,7-10,19-20H2,1-6H3,(H,43,45)(H,46,52)(H,47,53)/t23-,24-,32?,33+,34+,35+/m1/s1. The van der Waals surface area contributed by atoms with E-state index in [0.29, 0.717) is 23.9 Å². The van der Waals surface area contributed by atoms with Crippen LogP contribution in [0.25, 0.3) is 33.6 Å². The molecule has 1 unspecified atom stereocenters. The van der Waals surface area contributed by atoms with Crippen LogP contribution in [0.15, 0.2) is 60.8 Å². The van der Waals surface area contributed by atoms with Crippen LogP contribution >= 0.6 is 11.6 Å². The molecule has 0 saturated carbocycles. The second-order valence-corrected chi connectivity index (χ2v) is 14.7. The maximum atomic E-state index is 13.7. The highest BCUT2D eigenvalue weighted by Crippen LogP contribution is 2.38. The summed E-state index contributed by atoms with van der Waals surface area (Å²) in [6.07, 6.45) is 2.33. The summed E-state index contributed by atoms with van der Waals surface area (Å²) in [7, 11) is 5.49. The van der Waals surface area contributed by atoms with Crippen molar-refractivity contribution in [3.05, 3.63) is 77.3 Å². The Hall–Kier alpha value is -5.38. The first-order chi connectivity index (χ1) is 27.5. The lowest BCUT2D eigenvalue weighted by molar-refractivity contribution is -0.138. The summed E-state index contributed by atoms with van der Waals surface area (Å²) in [6, 6.07) is 15.8. The van der Waals surface area contributed by atoms with Gasteiger partial charge in [0.05, 0.1) is 61.1 Å². The molecule has 0 bridgehead atoms. The highest BCUT2D eigenvalue weighted by molar-refractivity contribution is 6.33. The number of H-pyrrole nitrogens is 2. The molecule has 57 heavy (non-hydrogen) atoms. The smallest absolute Gasteiger partial charge is 0.407 e. The molecule has 6 atom stereocenters. The molecule has 0 aliphatic carbocycles. The molecule has 2 saturated heterocycles. The molecule has 2 aliphatic rings. The lowest BCUT2D eigenvalue weighted by atomic mass is 10.0. The molecule has 2 aromatic carbocycles. The van der Waals surface area contributed by atoms with Gasteiger partial charge in [0.25, 0.3) is 0 Å². The number of nitrogens with zero attached hydrogens (tertiary/aromatic N) is 3. The number of ether oxygens (including phenoxy) is 4. The maximum Gasteiger partial charge on any atom is 0.407 e. The summed E-state index contributed by atoms with van der Waals surface area (Å²) in [5, 5.41) is 5.78. The number of halogens is 1. The molecule has 304 valence electrons. The number of methoxy groups -OCH3 is 4. The van der Waals surface area contributed by atoms with Gasteiger partial charge >= 0.3 is 12.2 Å². The van der Waals surface area contributed by atoms with Gasteiger partial charge in [-0.3, -0.25) is 9.59 Å². The Morgan fingerprint density at radius 2 is 1.19 bits per heavy atom. The van der Waals surface area contributed by atoms with E-state index in [4.69, 9.17) is 30.5 Å². The average Bonchev–Trinajstić information content (AvgIpc) is 4.08. The van der Waals surface area contributed by atoms with Crippen molar-refractivity contribution in [2.75, 3.05) is 41.5 Å². The number of benzene rings is 2. The number of likely N-dealkylation sites (tertiary alicyclic amines) is 2. The van der Waals surface area contributed by atoms with Crippen molar-refractivity contribution in [1.29, 1.82) is 0 Å². The molecule has 0 radical (unpaired) electrons. The van der Waals surface area contributed by atoms with E-state index in [0.717, 1.165) is 65.0 Å². The third-order valence-corrected chi connectivity index (χ3v) is 11.3. The van der Waals surface area contributed by atoms with Gasteiger partial charge < -0.3 is 49.3 Å². The number of aromatic amines is 2. The molecule has 4 heterocycles. The Labute approximate surface area is 336 Å². The highest BCUT2D eigenvalue weighted by atomic mass is 35.5. The van der Waals surface area contributed by atoms with E-state index in [9.17, 15) is 19.2 Å². The third-order valence-electron chi connectivity index (χ3n) is 11.0. The Bertz CT molecular complexity index is 2030. The number of amides is 4. The van der Waals surface area contributed by atoms with Crippen molar-refractivity contribution in [3.63, 3.8) is 0 Å². The van der Waals surface area contributed by atoms with Gasteiger partial charge in [0, 0.05) is 33.0 Å². The van der Waals surface area contributed by atoms with Crippen LogP contribution in [0.3, 0.4) is 0 Å². The number of nitrogens with one attached hydrogen (secondary N) is 4. The zero-order valence-electron chi connectivity index (χ0n) is 33.0. The van der Waals surface area contributed by atoms with Crippen LogP contribution in [0.5, 0.6) is 0 Å². The van der Waals surface area contributed by atoms with E-state index >= 15 is 0 Å². The topological polar surface area (TPSA) is 180 Å². The number of aromatic nitrogens is 3. The second kappa shape index (κ2) is 18.3. The summed E-state index contributed by atoms with van der Waals surface area (Å²) in [4.78, 5) is 66.4. The predicted octanol–water partition coefficient (Wildman–Crippen LogP) is 6.24. The van der Waals surface area contributed by atoms with Gasteiger partial charge in [0.15, 0.2) is 0 Å². The minimum atomic E-state index is -0.908. The number of rotatable bonds is 13. The van der Waals surface area contributed by atoms with Crippen LogP contribution in [0.1, 0.15) is 63.1 Å². The van der Waals surface area contributed by atoms with E-state index in [1.54, 1.807) is 29.8 Å². The first kappa shape index (κ1) is 41.3. The molecule has 2 aromatic heterocycles. The SMILES string of the molecule is COC(=O)N[C@H](C(=O)N1CCCC1c1cc(Cl)c(-c2ccc(-c3ccc(-c4cnc([C@@H]5CCCN5C(=O)[C@@H](NC(=O)OC)[C@@H](C)OC)[nH]4)cc3)cc2)[nH]1)[C@@H](C)OC. The Balaban J connectivity index is 1.13. The van der Waals surface area contributed by atoms with Crippen LogP contribution < -0.4 is 10.6 Å². The fourth-order valence-electron chi connectivity index (χ4n) is 7.59. The van der Waals surface area contributed by atoms with E-state index in [1.807, 2.05) is 54.6 Å². The van der Waals surface area contributed by atoms with E-state index in [2.05, 4.69) is 25.6 Å². The molecule has 0 spiro atoms. The van der Waals surface area contributed by atoms with Crippen molar-refractivity contribution in [1.82, 2.24) is 35.4 Å². The molecular formula is C41H50ClN7O8. The number of carbonyl (C=O) groups is 4. The molecule has 2 aliphatic heterocycles. The molecule has 4 amide bonds. The van der Waals surface area contributed by atoms with Crippen molar-refractivity contribution in [2.45, 2.75) is 75.9 Å². The number of alkyl carbamates (subject to hydrolysis) is 2. The molecule has 16 heteroatoms. The quantitative estimate of drug-likeness (QED) is 0.122. The molecule has 6 rings (SSSR count). The highest BCUT2D eigenvalue weighted by Gasteiger charge is 2.40. The molecule has 4 aromatic rings. The zero-order chi connectivity index (χ0) is 40.8. The van der Waals surface area contributed by atoms with Crippen molar-refractivity contribution >= 4 is 35.6 Å². The van der Waals surface area contributed by atoms with Crippen molar-refractivity contribution in [3.8, 4) is 33.6 Å². The fourth-order valence-corrected chi connectivity index (χ4v) is 7.87. The first-order valence-corrected chi connectivity index (χ1v) is 19.4. The summed E-state index contributed by atoms with van der Waals surface area (Å²) < 4.78 is 20.3. The van der Waals surface area contributed by atoms with Crippen LogP contribution in [0.2, 0.25) is 5.02 Å². The van der Waals surface area contributed by atoms with Crippen LogP contribution in [0.4, 0.5) is 9.59 Å². The van der Waals surface area contributed by atoms with E-state index < -0.39 is 36.5 Å². The second-order valence-electron chi connectivity index (χ2n) is 14.3. The predicted molar refractivity (Wildman–Crippen MR) is 213 cm³/mol. The van der Waals surface area contributed by atoms with Crippen LogP contribution in [0, 0.1) is 0 Å². The molecule has 15 nitrogen and oxygen atoms in total. The molecule has 2 fully saturated rings. The largest absolute Gasteiger partial charge is 0.453 e. The average molecular weight is 804 g/mol. The van der Waals surface area contributed by atoms with Gasteiger partial charge in [-0.15, -0.1) is 0 Å². The summed E-state index contributed by atoms with van der Waals surface area (Å²) in [5.41, 5.74) is 6.27. The van der Waals surface area contributed by atoms with Crippen LogP contribution in [-0.4, -0.2) is 115 Å². The van der Waals surface area contributed by atoms with Gasteiger partial charge in [-0.1, -0.05) is 60.1 Å².